The second kappa shape index (κ2) is 7.36. The number of pyridine rings is 1. The fraction of sp³-hybridized carbons (Fsp3) is 0.211. The third kappa shape index (κ3) is 3.86. The summed E-state index contributed by atoms with van der Waals surface area (Å²) in [5, 5.41) is 8.83. The molecule has 0 aliphatic carbocycles. The smallest absolute Gasteiger partial charge is 0.267 e. The summed E-state index contributed by atoms with van der Waals surface area (Å²) in [5.41, 5.74) is 5.96. The fourth-order valence-corrected chi connectivity index (χ4v) is 3.13. The van der Waals surface area contributed by atoms with Crippen molar-refractivity contribution in [2.24, 2.45) is 11.0 Å². The SMILES string of the molecule is CC(C)Cc1cc(C(=O)N/N=C/c2ccsc2)c2ccccc2n1. The maximum Gasteiger partial charge on any atom is 0.272 e. The first kappa shape index (κ1) is 16.3. The van der Waals surface area contributed by atoms with E-state index in [1.807, 2.05) is 47.2 Å². The first-order valence-electron chi connectivity index (χ1n) is 7.88. The Morgan fingerprint density at radius 2 is 2.17 bits per heavy atom. The molecular weight excluding hydrogens is 318 g/mol. The number of fused-ring (bicyclic) bond motifs is 1. The second-order valence-corrected chi connectivity index (χ2v) is 6.81. The zero-order valence-electron chi connectivity index (χ0n) is 13.7. The van der Waals surface area contributed by atoms with Gasteiger partial charge >= 0.3 is 0 Å². The molecule has 1 aromatic carbocycles. The molecule has 122 valence electrons. The van der Waals surface area contributed by atoms with Gasteiger partial charge in [-0.05, 0) is 41.3 Å². The maximum absolute atomic E-state index is 12.6. The number of aromatic nitrogens is 1. The Balaban J connectivity index is 1.89. The van der Waals surface area contributed by atoms with Crippen LogP contribution in [0.3, 0.4) is 0 Å². The lowest BCUT2D eigenvalue weighted by molar-refractivity contribution is 0.0956. The predicted molar refractivity (Wildman–Crippen MR) is 99.7 cm³/mol. The number of hydrogen-bond acceptors (Lipinski definition) is 4. The number of nitrogens with one attached hydrogen (secondary N) is 1. The molecule has 0 saturated heterocycles. The highest BCUT2D eigenvalue weighted by Gasteiger charge is 2.13. The highest BCUT2D eigenvalue weighted by Crippen LogP contribution is 2.20. The van der Waals surface area contributed by atoms with E-state index in [4.69, 9.17) is 0 Å². The van der Waals surface area contributed by atoms with Gasteiger partial charge < -0.3 is 0 Å². The number of thiophene rings is 1. The molecule has 0 radical (unpaired) electrons. The third-order valence-electron chi connectivity index (χ3n) is 3.55. The molecule has 0 fully saturated rings. The molecule has 0 bridgehead atoms. The zero-order valence-corrected chi connectivity index (χ0v) is 14.5. The lowest BCUT2D eigenvalue weighted by atomic mass is 10.0. The number of nitrogens with zero attached hydrogens (tertiary/aromatic N) is 2. The Labute approximate surface area is 145 Å². The number of carbonyl (C=O) groups excluding carboxylic acids is 1. The summed E-state index contributed by atoms with van der Waals surface area (Å²) in [7, 11) is 0. The van der Waals surface area contributed by atoms with Crippen molar-refractivity contribution in [3.05, 3.63) is 64.0 Å². The van der Waals surface area contributed by atoms with Crippen LogP contribution in [0.1, 0.15) is 35.5 Å². The lowest BCUT2D eigenvalue weighted by Gasteiger charge is -2.10. The Morgan fingerprint density at radius 1 is 1.33 bits per heavy atom. The molecule has 0 saturated carbocycles. The molecule has 0 unspecified atom stereocenters. The molecule has 1 amide bonds. The first-order valence-corrected chi connectivity index (χ1v) is 8.82. The summed E-state index contributed by atoms with van der Waals surface area (Å²) >= 11 is 1.59. The Kier molecular flexibility index (Phi) is 5.01. The first-order chi connectivity index (χ1) is 11.6. The van der Waals surface area contributed by atoms with Gasteiger partial charge in [0.2, 0.25) is 0 Å². The number of para-hydroxylation sites is 1. The fourth-order valence-electron chi connectivity index (χ4n) is 2.52. The summed E-state index contributed by atoms with van der Waals surface area (Å²) in [5.74, 6) is 0.260. The van der Waals surface area contributed by atoms with E-state index in [0.29, 0.717) is 11.5 Å². The molecular formula is C19H19N3OS. The van der Waals surface area contributed by atoms with E-state index in [2.05, 4.69) is 29.4 Å². The number of benzene rings is 1. The Morgan fingerprint density at radius 3 is 2.92 bits per heavy atom. The molecule has 24 heavy (non-hydrogen) atoms. The highest BCUT2D eigenvalue weighted by molar-refractivity contribution is 7.08. The van der Waals surface area contributed by atoms with Gasteiger partial charge in [0.15, 0.2) is 0 Å². The van der Waals surface area contributed by atoms with Crippen molar-refractivity contribution in [1.29, 1.82) is 0 Å². The van der Waals surface area contributed by atoms with E-state index in [-0.39, 0.29) is 5.91 Å². The predicted octanol–water partition coefficient (Wildman–Crippen LogP) is 4.26. The molecule has 5 heteroatoms. The average Bonchev–Trinajstić information content (AvgIpc) is 3.06. The minimum Gasteiger partial charge on any atom is -0.267 e. The summed E-state index contributed by atoms with van der Waals surface area (Å²) in [4.78, 5) is 17.2. The molecule has 3 aromatic rings. The minimum atomic E-state index is -0.218. The van der Waals surface area contributed by atoms with E-state index in [1.54, 1.807) is 17.6 Å². The molecule has 2 aromatic heterocycles. The molecule has 3 rings (SSSR count). The molecule has 4 nitrogen and oxygen atoms in total. The van der Waals surface area contributed by atoms with Crippen molar-refractivity contribution < 1.29 is 4.79 Å². The van der Waals surface area contributed by atoms with Gasteiger partial charge in [0, 0.05) is 16.6 Å². The monoisotopic (exact) mass is 337 g/mol. The van der Waals surface area contributed by atoms with E-state index in [9.17, 15) is 4.79 Å². The van der Waals surface area contributed by atoms with Gasteiger partial charge in [0.25, 0.3) is 5.91 Å². The summed E-state index contributed by atoms with van der Waals surface area (Å²) in [6.45, 7) is 4.28. The highest BCUT2D eigenvalue weighted by atomic mass is 32.1. The molecule has 0 aliphatic heterocycles. The van der Waals surface area contributed by atoms with Gasteiger partial charge in [0.05, 0.1) is 17.3 Å². The number of hydrogen-bond donors (Lipinski definition) is 1. The molecule has 0 spiro atoms. The van der Waals surface area contributed by atoms with Crippen LogP contribution in [-0.4, -0.2) is 17.1 Å². The van der Waals surface area contributed by atoms with Crippen LogP contribution in [0.25, 0.3) is 10.9 Å². The topological polar surface area (TPSA) is 54.4 Å². The van der Waals surface area contributed by atoms with Gasteiger partial charge in [0.1, 0.15) is 0 Å². The summed E-state index contributed by atoms with van der Waals surface area (Å²) in [6.07, 6.45) is 2.48. The van der Waals surface area contributed by atoms with E-state index in [0.717, 1.165) is 28.6 Å². The quantitative estimate of drug-likeness (QED) is 0.559. The van der Waals surface area contributed by atoms with E-state index >= 15 is 0 Å². The van der Waals surface area contributed by atoms with Crippen LogP contribution in [0.15, 0.2) is 52.3 Å². The minimum absolute atomic E-state index is 0.218. The van der Waals surface area contributed by atoms with Gasteiger partial charge in [-0.1, -0.05) is 32.0 Å². The van der Waals surface area contributed by atoms with Crippen molar-refractivity contribution >= 4 is 34.4 Å². The van der Waals surface area contributed by atoms with Crippen LogP contribution in [0.4, 0.5) is 0 Å². The van der Waals surface area contributed by atoms with Crippen molar-refractivity contribution in [1.82, 2.24) is 10.4 Å². The van der Waals surface area contributed by atoms with Crippen LogP contribution in [-0.2, 0) is 6.42 Å². The van der Waals surface area contributed by atoms with E-state index < -0.39 is 0 Å². The number of amides is 1. The van der Waals surface area contributed by atoms with Gasteiger partial charge in [-0.25, -0.2) is 5.43 Å². The second-order valence-electron chi connectivity index (χ2n) is 6.03. The summed E-state index contributed by atoms with van der Waals surface area (Å²) < 4.78 is 0. The number of hydrazone groups is 1. The zero-order chi connectivity index (χ0) is 16.9. The third-order valence-corrected chi connectivity index (χ3v) is 4.26. The van der Waals surface area contributed by atoms with Crippen LogP contribution in [0.5, 0.6) is 0 Å². The number of rotatable bonds is 5. The molecule has 1 N–H and O–H groups in total. The van der Waals surface area contributed by atoms with Crippen LogP contribution in [0.2, 0.25) is 0 Å². The van der Waals surface area contributed by atoms with Gasteiger partial charge in [-0.3, -0.25) is 9.78 Å². The Hall–Kier alpha value is -2.53. The van der Waals surface area contributed by atoms with Crippen LogP contribution < -0.4 is 5.43 Å². The molecule has 2 heterocycles. The normalized spacial score (nSPS) is 11.5. The lowest BCUT2D eigenvalue weighted by Crippen LogP contribution is -2.18. The van der Waals surface area contributed by atoms with Gasteiger partial charge in [-0.2, -0.15) is 16.4 Å². The van der Waals surface area contributed by atoms with Crippen molar-refractivity contribution in [3.63, 3.8) is 0 Å². The number of carbonyl (C=O) groups is 1. The standard InChI is InChI=1S/C19H19N3OS/c1-13(2)9-15-10-17(16-5-3-4-6-18(16)21-15)19(23)22-20-11-14-7-8-24-12-14/h3-8,10-13H,9H2,1-2H3,(H,22,23)/b20-11+. The maximum atomic E-state index is 12.6. The van der Waals surface area contributed by atoms with Gasteiger partial charge in [-0.15, -0.1) is 0 Å². The van der Waals surface area contributed by atoms with Crippen molar-refractivity contribution in [2.75, 3.05) is 0 Å². The average molecular weight is 337 g/mol. The van der Waals surface area contributed by atoms with Crippen LogP contribution >= 0.6 is 11.3 Å². The molecule has 0 aliphatic rings. The van der Waals surface area contributed by atoms with Crippen molar-refractivity contribution in [3.8, 4) is 0 Å². The van der Waals surface area contributed by atoms with Crippen molar-refractivity contribution in [2.45, 2.75) is 20.3 Å². The Bertz CT molecular complexity index is 869. The summed E-state index contributed by atoms with van der Waals surface area (Å²) in [6, 6.07) is 11.5. The van der Waals surface area contributed by atoms with Crippen LogP contribution in [0, 0.1) is 5.92 Å². The molecule has 0 atom stereocenters. The largest absolute Gasteiger partial charge is 0.272 e. The van der Waals surface area contributed by atoms with E-state index in [1.165, 1.54) is 0 Å².